The molecule has 0 saturated carbocycles. The molecule has 1 aliphatic heterocycles. The molecule has 8 heteroatoms. The minimum absolute atomic E-state index is 0.00341. The normalized spacial score (nSPS) is 17.0. The Morgan fingerprint density at radius 1 is 1.19 bits per heavy atom. The molecule has 1 heterocycles. The third-order valence-electron chi connectivity index (χ3n) is 4.00. The number of halogens is 3. The highest BCUT2D eigenvalue weighted by Crippen LogP contribution is 2.15. The Balaban J connectivity index is 1.75. The Morgan fingerprint density at radius 2 is 1.96 bits per heavy atom. The lowest BCUT2D eigenvalue weighted by Crippen LogP contribution is -2.36. The van der Waals surface area contributed by atoms with Crippen LogP contribution in [-0.2, 0) is 4.74 Å². The fraction of sp³-hybridized carbons (Fsp3) is 0.263. The molecule has 3 rings (SSSR count). The van der Waals surface area contributed by atoms with Gasteiger partial charge in [0.1, 0.15) is 0 Å². The lowest BCUT2D eigenvalue weighted by Gasteiger charge is -2.13. The first kappa shape index (κ1) is 19.4. The largest absolute Gasteiger partial charge is 0.376 e. The van der Waals surface area contributed by atoms with Gasteiger partial charge in [0, 0.05) is 22.3 Å². The van der Waals surface area contributed by atoms with Gasteiger partial charge >= 0.3 is 0 Å². The second kappa shape index (κ2) is 9.05. The molecule has 0 bridgehead atoms. The number of aliphatic imine (C=N–C) groups is 1. The highest BCUT2D eigenvalue weighted by Gasteiger charge is 2.16. The van der Waals surface area contributed by atoms with E-state index in [1.54, 1.807) is 0 Å². The standard InChI is InChI=1S/C19H18BrF2N3O2/c20-13-4-6-14(7-5-13)24-19(23-11-15-2-1-9-27-15)25-18(26)12-3-8-16(21)17(22)10-12/h3-8,10,15H,1-2,9,11H2,(H2,23,24,25,26)/t15-/m1/s1. The Kier molecular flexibility index (Phi) is 6.52. The van der Waals surface area contributed by atoms with Gasteiger partial charge in [0.2, 0.25) is 5.96 Å². The van der Waals surface area contributed by atoms with Crippen LogP contribution in [0.3, 0.4) is 0 Å². The van der Waals surface area contributed by atoms with Crippen molar-refractivity contribution in [3.05, 3.63) is 64.1 Å². The number of ether oxygens (including phenoxy) is 1. The maximum Gasteiger partial charge on any atom is 0.258 e. The summed E-state index contributed by atoms with van der Waals surface area (Å²) in [6.07, 6.45) is 1.90. The topological polar surface area (TPSA) is 62.7 Å². The van der Waals surface area contributed by atoms with Gasteiger partial charge in [0.25, 0.3) is 5.91 Å². The fourth-order valence-corrected chi connectivity index (χ4v) is 2.84. The van der Waals surface area contributed by atoms with Gasteiger partial charge in [-0.25, -0.2) is 13.8 Å². The van der Waals surface area contributed by atoms with E-state index in [-0.39, 0.29) is 17.6 Å². The lowest BCUT2D eigenvalue weighted by molar-refractivity contribution is 0.0975. The van der Waals surface area contributed by atoms with Gasteiger partial charge < -0.3 is 10.1 Å². The van der Waals surface area contributed by atoms with Crippen LogP contribution in [0.5, 0.6) is 0 Å². The van der Waals surface area contributed by atoms with Crippen molar-refractivity contribution < 1.29 is 18.3 Å². The number of guanidine groups is 1. The molecule has 1 saturated heterocycles. The average Bonchev–Trinajstić information content (AvgIpc) is 3.17. The molecule has 0 spiro atoms. The molecule has 0 unspecified atom stereocenters. The van der Waals surface area contributed by atoms with Crippen molar-refractivity contribution in [3.8, 4) is 0 Å². The molecule has 0 radical (unpaired) electrons. The van der Waals surface area contributed by atoms with Crippen LogP contribution in [0.15, 0.2) is 51.9 Å². The van der Waals surface area contributed by atoms with Crippen LogP contribution in [0.2, 0.25) is 0 Å². The summed E-state index contributed by atoms with van der Waals surface area (Å²) in [5, 5.41) is 5.64. The summed E-state index contributed by atoms with van der Waals surface area (Å²) in [6, 6.07) is 10.3. The molecule has 1 aliphatic rings. The Labute approximate surface area is 164 Å². The van der Waals surface area contributed by atoms with E-state index in [0.717, 1.165) is 35.1 Å². The van der Waals surface area contributed by atoms with E-state index >= 15 is 0 Å². The zero-order valence-electron chi connectivity index (χ0n) is 14.3. The zero-order chi connectivity index (χ0) is 19.2. The maximum atomic E-state index is 13.4. The van der Waals surface area contributed by atoms with Crippen LogP contribution in [0.25, 0.3) is 0 Å². The summed E-state index contributed by atoms with van der Waals surface area (Å²) in [4.78, 5) is 16.8. The summed E-state index contributed by atoms with van der Waals surface area (Å²) in [5.74, 6) is -2.47. The van der Waals surface area contributed by atoms with E-state index in [4.69, 9.17) is 4.74 Å². The number of benzene rings is 2. The van der Waals surface area contributed by atoms with Gasteiger partial charge in [-0.2, -0.15) is 0 Å². The Bertz CT molecular complexity index is 837. The highest BCUT2D eigenvalue weighted by atomic mass is 79.9. The number of nitrogens with one attached hydrogen (secondary N) is 2. The van der Waals surface area contributed by atoms with Gasteiger partial charge in [-0.1, -0.05) is 15.9 Å². The SMILES string of the molecule is O=C(NC(=NC[C@H]1CCCO1)Nc1ccc(Br)cc1)c1ccc(F)c(F)c1. The Morgan fingerprint density at radius 3 is 2.63 bits per heavy atom. The molecule has 1 atom stereocenters. The highest BCUT2D eigenvalue weighted by molar-refractivity contribution is 9.10. The van der Waals surface area contributed by atoms with E-state index in [1.165, 1.54) is 6.07 Å². The van der Waals surface area contributed by atoms with E-state index in [0.29, 0.717) is 13.2 Å². The number of amides is 1. The lowest BCUT2D eigenvalue weighted by atomic mass is 10.2. The van der Waals surface area contributed by atoms with Gasteiger partial charge in [0.15, 0.2) is 11.6 Å². The predicted molar refractivity (Wildman–Crippen MR) is 103 cm³/mol. The van der Waals surface area contributed by atoms with E-state index in [2.05, 4.69) is 31.6 Å². The summed E-state index contributed by atoms with van der Waals surface area (Å²) < 4.78 is 32.9. The summed E-state index contributed by atoms with van der Waals surface area (Å²) in [7, 11) is 0. The van der Waals surface area contributed by atoms with Crippen molar-refractivity contribution in [2.75, 3.05) is 18.5 Å². The smallest absolute Gasteiger partial charge is 0.258 e. The second-order valence-electron chi connectivity index (χ2n) is 6.04. The second-order valence-corrected chi connectivity index (χ2v) is 6.95. The van der Waals surface area contributed by atoms with Crippen molar-refractivity contribution in [2.45, 2.75) is 18.9 Å². The van der Waals surface area contributed by atoms with Crippen LogP contribution in [0, 0.1) is 11.6 Å². The van der Waals surface area contributed by atoms with Gasteiger partial charge in [-0.05, 0) is 55.3 Å². The number of rotatable bonds is 4. The number of hydrogen-bond acceptors (Lipinski definition) is 3. The van der Waals surface area contributed by atoms with Gasteiger partial charge in [-0.3, -0.25) is 10.1 Å². The first-order valence-corrected chi connectivity index (χ1v) is 9.25. The molecule has 1 fully saturated rings. The molecular weight excluding hydrogens is 420 g/mol. The summed E-state index contributed by atoms with van der Waals surface area (Å²) in [6.45, 7) is 1.09. The van der Waals surface area contributed by atoms with Crippen molar-refractivity contribution in [2.24, 2.45) is 4.99 Å². The van der Waals surface area contributed by atoms with Crippen LogP contribution < -0.4 is 10.6 Å². The van der Waals surface area contributed by atoms with Crippen molar-refractivity contribution >= 4 is 33.5 Å². The predicted octanol–water partition coefficient (Wildman–Crippen LogP) is 4.10. The van der Waals surface area contributed by atoms with E-state index < -0.39 is 17.5 Å². The van der Waals surface area contributed by atoms with E-state index in [1.807, 2.05) is 24.3 Å². The van der Waals surface area contributed by atoms with Crippen LogP contribution in [0.1, 0.15) is 23.2 Å². The maximum absolute atomic E-state index is 13.4. The first-order valence-electron chi connectivity index (χ1n) is 8.46. The molecule has 2 aromatic carbocycles. The fourth-order valence-electron chi connectivity index (χ4n) is 2.58. The summed E-state index contributed by atoms with van der Waals surface area (Å²) in [5.41, 5.74) is 0.714. The van der Waals surface area contributed by atoms with Gasteiger partial charge in [0.05, 0.1) is 12.6 Å². The monoisotopic (exact) mass is 437 g/mol. The van der Waals surface area contributed by atoms with Crippen molar-refractivity contribution in [1.29, 1.82) is 0 Å². The third-order valence-corrected chi connectivity index (χ3v) is 4.53. The number of anilines is 1. The van der Waals surface area contributed by atoms with E-state index in [9.17, 15) is 13.6 Å². The molecule has 2 aromatic rings. The molecule has 0 aliphatic carbocycles. The first-order chi connectivity index (χ1) is 13.0. The molecule has 1 amide bonds. The molecule has 2 N–H and O–H groups in total. The van der Waals surface area contributed by atoms with Crippen molar-refractivity contribution in [1.82, 2.24) is 5.32 Å². The average molecular weight is 438 g/mol. The third kappa shape index (κ3) is 5.58. The zero-order valence-corrected chi connectivity index (χ0v) is 15.9. The van der Waals surface area contributed by atoms with Crippen molar-refractivity contribution in [3.63, 3.8) is 0 Å². The number of nitrogens with zero attached hydrogens (tertiary/aromatic N) is 1. The minimum Gasteiger partial charge on any atom is -0.376 e. The van der Waals surface area contributed by atoms with Crippen LogP contribution in [-0.4, -0.2) is 31.1 Å². The summed E-state index contributed by atoms with van der Waals surface area (Å²) >= 11 is 3.36. The van der Waals surface area contributed by atoms with Crippen LogP contribution >= 0.6 is 15.9 Å². The number of carbonyl (C=O) groups excluding carboxylic acids is 1. The Hall–Kier alpha value is -2.32. The molecule has 0 aromatic heterocycles. The molecule has 5 nitrogen and oxygen atoms in total. The number of hydrogen-bond donors (Lipinski definition) is 2. The van der Waals surface area contributed by atoms with Crippen LogP contribution in [0.4, 0.5) is 14.5 Å². The minimum atomic E-state index is -1.08. The molecular formula is C19H18BrF2N3O2. The number of carbonyl (C=O) groups is 1. The quantitative estimate of drug-likeness (QED) is 0.558. The molecule has 142 valence electrons. The van der Waals surface area contributed by atoms with Gasteiger partial charge in [-0.15, -0.1) is 0 Å². The molecule has 27 heavy (non-hydrogen) atoms.